The van der Waals surface area contributed by atoms with Crippen LogP contribution in [0.4, 0.5) is 0 Å². The fraction of sp³-hybridized carbons (Fsp3) is 0.375. The number of carbonyl (C=O) groups is 1. The van der Waals surface area contributed by atoms with Crippen LogP contribution in [0.2, 0.25) is 0 Å². The maximum Gasteiger partial charge on any atom is 0.349 e. The first kappa shape index (κ1) is 12.9. The van der Waals surface area contributed by atoms with Crippen molar-refractivity contribution >= 4 is 16.9 Å². The van der Waals surface area contributed by atoms with E-state index in [2.05, 4.69) is 0 Å². The number of amides is 1. The molecule has 1 aliphatic rings. The molecule has 3 rings (SSSR count). The number of fused-ring (bicyclic) bond motifs is 1. The van der Waals surface area contributed by atoms with Crippen molar-refractivity contribution in [1.82, 2.24) is 4.90 Å². The topological polar surface area (TPSA) is 50.5 Å². The van der Waals surface area contributed by atoms with Crippen molar-refractivity contribution in [1.29, 1.82) is 0 Å². The monoisotopic (exact) mass is 271 g/mol. The molecule has 1 atom stereocenters. The molecule has 0 radical (unpaired) electrons. The smallest absolute Gasteiger partial charge is 0.349 e. The van der Waals surface area contributed by atoms with Gasteiger partial charge in [0.15, 0.2) is 0 Å². The summed E-state index contributed by atoms with van der Waals surface area (Å²) >= 11 is 0. The number of para-hydroxylation sites is 1. The normalized spacial score (nSPS) is 16.1. The first-order chi connectivity index (χ1) is 9.58. The predicted molar refractivity (Wildman–Crippen MR) is 76.8 cm³/mol. The molecule has 1 amide bonds. The third-order valence-electron chi connectivity index (χ3n) is 4.11. The van der Waals surface area contributed by atoms with Crippen LogP contribution in [-0.2, 0) is 0 Å². The van der Waals surface area contributed by atoms with E-state index in [9.17, 15) is 9.59 Å². The standard InChI is InChI=1S/C16H17NO3/c1-10(11-7-8-11)17(2)15(18)13-9-12-5-3-4-6-14(12)20-16(13)19/h3-6,9-11H,7-8H2,1-2H3. The highest BCUT2D eigenvalue weighted by Gasteiger charge is 2.33. The summed E-state index contributed by atoms with van der Waals surface area (Å²) in [7, 11) is 1.75. The van der Waals surface area contributed by atoms with E-state index < -0.39 is 5.63 Å². The minimum absolute atomic E-state index is 0.110. The minimum Gasteiger partial charge on any atom is -0.422 e. The molecule has 1 heterocycles. The Balaban J connectivity index is 1.98. The van der Waals surface area contributed by atoms with Gasteiger partial charge in [0, 0.05) is 18.5 Å². The Hall–Kier alpha value is -2.10. The van der Waals surface area contributed by atoms with Crippen molar-refractivity contribution in [2.75, 3.05) is 7.05 Å². The fourth-order valence-corrected chi connectivity index (χ4v) is 2.48. The molecule has 0 spiro atoms. The number of nitrogens with zero attached hydrogens (tertiary/aromatic N) is 1. The molecule has 4 nitrogen and oxygen atoms in total. The molecular weight excluding hydrogens is 254 g/mol. The average molecular weight is 271 g/mol. The van der Waals surface area contributed by atoms with Gasteiger partial charge >= 0.3 is 5.63 Å². The summed E-state index contributed by atoms with van der Waals surface area (Å²) in [5, 5.41) is 0.767. The number of benzene rings is 1. The van der Waals surface area contributed by atoms with E-state index in [0.717, 1.165) is 18.2 Å². The molecule has 20 heavy (non-hydrogen) atoms. The molecule has 0 saturated heterocycles. The Kier molecular flexibility index (Phi) is 3.08. The first-order valence-corrected chi connectivity index (χ1v) is 6.88. The summed E-state index contributed by atoms with van der Waals surface area (Å²) in [6.45, 7) is 2.03. The van der Waals surface area contributed by atoms with Crippen molar-refractivity contribution in [3.05, 3.63) is 46.3 Å². The highest BCUT2D eigenvalue weighted by Crippen LogP contribution is 2.35. The van der Waals surface area contributed by atoms with Crippen LogP contribution in [-0.4, -0.2) is 23.9 Å². The van der Waals surface area contributed by atoms with Crippen LogP contribution in [0.1, 0.15) is 30.1 Å². The molecule has 0 bridgehead atoms. The van der Waals surface area contributed by atoms with Crippen molar-refractivity contribution in [2.45, 2.75) is 25.8 Å². The van der Waals surface area contributed by atoms with Crippen LogP contribution < -0.4 is 5.63 Å². The van der Waals surface area contributed by atoms with E-state index in [-0.39, 0.29) is 17.5 Å². The summed E-state index contributed by atoms with van der Waals surface area (Å²) in [5.74, 6) is 0.306. The fourth-order valence-electron chi connectivity index (χ4n) is 2.48. The molecule has 104 valence electrons. The molecule has 1 aromatic heterocycles. The SMILES string of the molecule is CC(C1CC1)N(C)C(=O)c1cc2ccccc2oc1=O. The lowest BCUT2D eigenvalue weighted by atomic mass is 10.1. The average Bonchev–Trinajstić information content (AvgIpc) is 3.28. The molecular formula is C16H17NO3. The van der Waals surface area contributed by atoms with Gasteiger partial charge < -0.3 is 9.32 Å². The zero-order valence-electron chi connectivity index (χ0n) is 11.6. The lowest BCUT2D eigenvalue weighted by Gasteiger charge is -2.24. The zero-order valence-corrected chi connectivity index (χ0v) is 11.6. The van der Waals surface area contributed by atoms with Gasteiger partial charge in [0.25, 0.3) is 5.91 Å². The molecule has 1 aromatic carbocycles. The van der Waals surface area contributed by atoms with Crippen molar-refractivity contribution in [3.63, 3.8) is 0 Å². The Labute approximate surface area is 117 Å². The molecule has 1 aliphatic carbocycles. The second-order valence-corrected chi connectivity index (χ2v) is 5.48. The minimum atomic E-state index is -0.566. The highest BCUT2D eigenvalue weighted by atomic mass is 16.4. The summed E-state index contributed by atoms with van der Waals surface area (Å²) in [5.41, 5.74) is 0.0502. The maximum absolute atomic E-state index is 12.4. The summed E-state index contributed by atoms with van der Waals surface area (Å²) in [6, 6.07) is 9.00. The molecule has 1 unspecified atom stereocenters. The molecule has 2 aromatic rings. The van der Waals surface area contributed by atoms with Gasteiger partial charge in [-0.1, -0.05) is 18.2 Å². The molecule has 0 N–H and O–H groups in total. The highest BCUT2D eigenvalue weighted by molar-refractivity contribution is 5.96. The van der Waals surface area contributed by atoms with Crippen LogP contribution in [0, 0.1) is 5.92 Å². The van der Waals surface area contributed by atoms with Crippen molar-refractivity contribution in [3.8, 4) is 0 Å². The van der Waals surface area contributed by atoms with Crippen LogP contribution in [0.25, 0.3) is 11.0 Å². The zero-order chi connectivity index (χ0) is 14.3. The lowest BCUT2D eigenvalue weighted by Crippen LogP contribution is -2.38. The molecule has 4 heteroatoms. The second kappa shape index (κ2) is 4.78. The Morgan fingerprint density at radius 1 is 1.35 bits per heavy atom. The lowest BCUT2D eigenvalue weighted by molar-refractivity contribution is 0.0723. The maximum atomic E-state index is 12.4. The van der Waals surface area contributed by atoms with E-state index in [1.807, 2.05) is 19.1 Å². The van der Waals surface area contributed by atoms with Gasteiger partial charge in [0.2, 0.25) is 0 Å². The van der Waals surface area contributed by atoms with Gasteiger partial charge in [-0.3, -0.25) is 4.79 Å². The van der Waals surface area contributed by atoms with Gasteiger partial charge in [0.05, 0.1) is 0 Å². The Bertz CT molecular complexity index is 715. The number of hydrogen-bond acceptors (Lipinski definition) is 3. The van der Waals surface area contributed by atoms with Gasteiger partial charge in [-0.2, -0.15) is 0 Å². The van der Waals surface area contributed by atoms with E-state index in [1.54, 1.807) is 30.1 Å². The number of rotatable bonds is 3. The number of hydrogen-bond donors (Lipinski definition) is 0. The second-order valence-electron chi connectivity index (χ2n) is 5.48. The van der Waals surface area contributed by atoms with Crippen LogP contribution in [0.15, 0.2) is 39.5 Å². The molecule has 1 fully saturated rings. The van der Waals surface area contributed by atoms with E-state index in [1.165, 1.54) is 0 Å². The van der Waals surface area contributed by atoms with Crippen LogP contribution in [0.5, 0.6) is 0 Å². The third-order valence-corrected chi connectivity index (χ3v) is 4.11. The summed E-state index contributed by atoms with van der Waals surface area (Å²) < 4.78 is 5.22. The Morgan fingerprint density at radius 2 is 2.05 bits per heavy atom. The Morgan fingerprint density at radius 3 is 2.75 bits per heavy atom. The van der Waals surface area contributed by atoms with E-state index in [4.69, 9.17) is 4.42 Å². The largest absolute Gasteiger partial charge is 0.422 e. The third kappa shape index (κ3) is 2.22. The van der Waals surface area contributed by atoms with Crippen LogP contribution >= 0.6 is 0 Å². The van der Waals surface area contributed by atoms with Crippen LogP contribution in [0.3, 0.4) is 0 Å². The van der Waals surface area contributed by atoms with Gasteiger partial charge in [-0.05, 0) is 37.8 Å². The first-order valence-electron chi connectivity index (χ1n) is 6.88. The van der Waals surface area contributed by atoms with Crippen molar-refractivity contribution in [2.24, 2.45) is 5.92 Å². The quantitative estimate of drug-likeness (QED) is 0.806. The summed E-state index contributed by atoms with van der Waals surface area (Å²) in [6.07, 6.45) is 2.32. The van der Waals surface area contributed by atoms with E-state index >= 15 is 0 Å². The molecule has 0 aliphatic heterocycles. The summed E-state index contributed by atoms with van der Waals surface area (Å²) in [4.78, 5) is 26.1. The van der Waals surface area contributed by atoms with E-state index in [0.29, 0.717) is 11.5 Å². The van der Waals surface area contributed by atoms with Gasteiger partial charge in [-0.25, -0.2) is 4.79 Å². The molecule has 1 saturated carbocycles. The predicted octanol–water partition coefficient (Wildman–Crippen LogP) is 2.66. The van der Waals surface area contributed by atoms with Crippen molar-refractivity contribution < 1.29 is 9.21 Å². The van der Waals surface area contributed by atoms with Gasteiger partial charge in [-0.15, -0.1) is 0 Å². The number of carbonyl (C=O) groups excluding carboxylic acids is 1. The van der Waals surface area contributed by atoms with Gasteiger partial charge in [0.1, 0.15) is 11.1 Å².